The molecule has 0 aliphatic carbocycles. The summed E-state index contributed by atoms with van der Waals surface area (Å²) in [5.41, 5.74) is 9.08. The number of nitrogens with zero attached hydrogens (tertiary/aromatic N) is 5. The number of hydrogen-bond donors (Lipinski definition) is 0. The number of thiophene rings is 1. The van der Waals surface area contributed by atoms with Crippen LogP contribution in [0.4, 0.5) is 0 Å². The Morgan fingerprint density at radius 3 is 1.68 bits per heavy atom. The van der Waals surface area contributed by atoms with Gasteiger partial charge in [-0.1, -0.05) is 133 Å². The Bertz CT molecular complexity index is 3540. The number of fused-ring (bicyclic) bond motifs is 9. The van der Waals surface area contributed by atoms with E-state index < -0.39 is 0 Å². The monoisotopic (exact) mass is 749 g/mol. The molecule has 0 radical (unpaired) electrons. The summed E-state index contributed by atoms with van der Waals surface area (Å²) in [5.74, 6) is 2.36. The van der Waals surface area contributed by atoms with Crippen molar-refractivity contribution in [3.05, 3.63) is 164 Å². The maximum atomic E-state index is 6.55. The highest BCUT2D eigenvalue weighted by Gasteiger charge is 2.23. The molecule has 7 nitrogen and oxygen atoms in total. The molecule has 0 bridgehead atoms. The zero-order chi connectivity index (χ0) is 37.5. The quantitative estimate of drug-likeness (QED) is 0.173. The van der Waals surface area contributed by atoms with Gasteiger partial charge in [-0.15, -0.1) is 11.3 Å². The van der Waals surface area contributed by atoms with Crippen LogP contribution in [0.1, 0.15) is 0 Å². The van der Waals surface area contributed by atoms with Crippen LogP contribution in [0, 0.1) is 0 Å². The average molecular weight is 750 g/mol. The van der Waals surface area contributed by atoms with Gasteiger partial charge >= 0.3 is 0 Å². The van der Waals surface area contributed by atoms with Crippen molar-refractivity contribution in [3.8, 4) is 56.8 Å². The van der Waals surface area contributed by atoms with Gasteiger partial charge in [0.1, 0.15) is 28.0 Å². The molecule has 0 atom stereocenters. The molecule has 0 unspecified atom stereocenters. The Morgan fingerprint density at radius 2 is 0.912 bits per heavy atom. The van der Waals surface area contributed by atoms with Gasteiger partial charge in [-0.2, -0.15) is 0 Å². The van der Waals surface area contributed by atoms with Gasteiger partial charge < -0.3 is 8.83 Å². The fourth-order valence-corrected chi connectivity index (χ4v) is 9.21. The lowest BCUT2D eigenvalue weighted by Crippen LogP contribution is -2.00. The summed E-state index contributed by atoms with van der Waals surface area (Å²) in [6.45, 7) is 0. The van der Waals surface area contributed by atoms with Crippen LogP contribution < -0.4 is 0 Å². The summed E-state index contributed by atoms with van der Waals surface area (Å²) in [7, 11) is 0. The minimum Gasteiger partial charge on any atom is -0.455 e. The third-order valence-electron chi connectivity index (χ3n) is 10.6. The fraction of sp³-hybridized carbons (Fsp3) is 0. The first kappa shape index (κ1) is 31.8. The molecule has 0 aliphatic rings. The van der Waals surface area contributed by atoms with E-state index >= 15 is 0 Å². The Kier molecular flexibility index (Phi) is 6.96. The number of aromatic nitrogens is 5. The topological polar surface area (TPSA) is 90.7 Å². The van der Waals surface area contributed by atoms with Crippen LogP contribution in [-0.2, 0) is 0 Å². The van der Waals surface area contributed by atoms with Gasteiger partial charge in [0.05, 0.1) is 5.56 Å². The van der Waals surface area contributed by atoms with Gasteiger partial charge in [0.25, 0.3) is 0 Å². The van der Waals surface area contributed by atoms with Gasteiger partial charge in [-0.25, -0.2) is 24.9 Å². The van der Waals surface area contributed by atoms with E-state index in [9.17, 15) is 0 Å². The Balaban J connectivity index is 1.11. The zero-order valence-electron chi connectivity index (χ0n) is 30.0. The third-order valence-corrected chi connectivity index (χ3v) is 11.8. The molecule has 5 aromatic heterocycles. The van der Waals surface area contributed by atoms with Gasteiger partial charge in [-0.3, -0.25) is 0 Å². The first-order valence-electron chi connectivity index (χ1n) is 18.7. The van der Waals surface area contributed by atoms with Crippen molar-refractivity contribution in [2.24, 2.45) is 0 Å². The molecule has 0 amide bonds. The first-order chi connectivity index (χ1) is 28.2. The lowest BCUT2D eigenvalue weighted by atomic mass is 10.0. The van der Waals surface area contributed by atoms with Crippen LogP contribution in [0.15, 0.2) is 173 Å². The van der Waals surface area contributed by atoms with Crippen LogP contribution >= 0.6 is 11.3 Å². The maximum Gasteiger partial charge on any atom is 0.180 e. The molecule has 0 saturated carbocycles. The summed E-state index contributed by atoms with van der Waals surface area (Å²) in [5, 5.41) is 5.17. The van der Waals surface area contributed by atoms with E-state index in [0.717, 1.165) is 92.1 Å². The number of hydrogen-bond acceptors (Lipinski definition) is 8. The summed E-state index contributed by atoms with van der Waals surface area (Å²) < 4.78 is 15.2. The van der Waals surface area contributed by atoms with Crippen molar-refractivity contribution >= 4 is 75.5 Å². The molecule has 5 heterocycles. The number of furan rings is 2. The zero-order valence-corrected chi connectivity index (χ0v) is 30.9. The van der Waals surface area contributed by atoms with Crippen LogP contribution in [-0.4, -0.2) is 24.9 Å². The van der Waals surface area contributed by atoms with Gasteiger partial charge in [0.15, 0.2) is 28.9 Å². The first-order valence-corrected chi connectivity index (χ1v) is 19.5. The lowest BCUT2D eigenvalue weighted by Gasteiger charge is -2.10. The van der Waals surface area contributed by atoms with E-state index in [1.807, 2.05) is 109 Å². The Morgan fingerprint density at radius 1 is 0.368 bits per heavy atom. The van der Waals surface area contributed by atoms with Crippen LogP contribution in [0.2, 0.25) is 0 Å². The number of para-hydroxylation sites is 3. The van der Waals surface area contributed by atoms with E-state index in [-0.39, 0.29) is 0 Å². The van der Waals surface area contributed by atoms with Crippen LogP contribution in [0.5, 0.6) is 0 Å². The van der Waals surface area contributed by atoms with Crippen molar-refractivity contribution < 1.29 is 8.83 Å². The van der Waals surface area contributed by atoms with E-state index in [4.69, 9.17) is 33.8 Å². The molecular formula is C49H27N5O2S. The average Bonchev–Trinajstić information content (AvgIpc) is 3.98. The highest BCUT2D eigenvalue weighted by molar-refractivity contribution is 7.26. The third kappa shape index (κ3) is 5.01. The fourth-order valence-electron chi connectivity index (χ4n) is 7.97. The Labute approximate surface area is 328 Å². The molecule has 12 aromatic rings. The van der Waals surface area contributed by atoms with Gasteiger partial charge in [0.2, 0.25) is 0 Å². The normalized spacial score (nSPS) is 11.9. The van der Waals surface area contributed by atoms with Crippen molar-refractivity contribution in [1.29, 1.82) is 0 Å². The molecule has 0 N–H and O–H groups in total. The van der Waals surface area contributed by atoms with E-state index in [0.29, 0.717) is 28.9 Å². The van der Waals surface area contributed by atoms with Crippen molar-refractivity contribution in [1.82, 2.24) is 24.9 Å². The Hall–Kier alpha value is -7.55. The van der Waals surface area contributed by atoms with E-state index in [2.05, 4.69) is 54.6 Å². The molecular weight excluding hydrogens is 723 g/mol. The largest absolute Gasteiger partial charge is 0.455 e. The molecule has 0 aliphatic heterocycles. The SMILES string of the molecule is c1ccc(-c2nc(-c3cccc4c3oc3ccccc34)nc(-c3cccc4sc5c(-c6nc(-c7ccccc7)nc7c6oc6ccccc67)cccc5c34)n2)cc1. The summed E-state index contributed by atoms with van der Waals surface area (Å²) in [4.78, 5) is 25.8. The molecule has 8 heteroatoms. The van der Waals surface area contributed by atoms with Crippen LogP contribution in [0.25, 0.3) is 121 Å². The molecule has 0 spiro atoms. The number of benzene rings is 7. The smallest absolute Gasteiger partial charge is 0.180 e. The lowest BCUT2D eigenvalue weighted by molar-refractivity contribution is 0.667. The predicted molar refractivity (Wildman–Crippen MR) is 230 cm³/mol. The van der Waals surface area contributed by atoms with Gasteiger partial charge in [0, 0.05) is 58.6 Å². The van der Waals surface area contributed by atoms with E-state index in [1.54, 1.807) is 11.3 Å². The minimum absolute atomic E-state index is 0.544. The van der Waals surface area contributed by atoms with Crippen molar-refractivity contribution in [2.45, 2.75) is 0 Å². The predicted octanol–water partition coefficient (Wildman–Crippen LogP) is 13.2. The second-order valence-electron chi connectivity index (χ2n) is 14.0. The highest BCUT2D eigenvalue weighted by atomic mass is 32.1. The second kappa shape index (κ2) is 12.5. The summed E-state index contributed by atoms with van der Waals surface area (Å²) >= 11 is 1.73. The highest BCUT2D eigenvalue weighted by Crippen LogP contribution is 2.46. The molecule has 0 saturated heterocycles. The second-order valence-corrected chi connectivity index (χ2v) is 15.0. The van der Waals surface area contributed by atoms with Crippen LogP contribution in [0.3, 0.4) is 0 Å². The minimum atomic E-state index is 0.544. The molecule has 12 rings (SSSR count). The van der Waals surface area contributed by atoms with E-state index in [1.165, 1.54) is 0 Å². The number of rotatable bonds is 5. The van der Waals surface area contributed by atoms with Crippen molar-refractivity contribution in [3.63, 3.8) is 0 Å². The molecule has 7 aromatic carbocycles. The van der Waals surface area contributed by atoms with Gasteiger partial charge in [-0.05, 0) is 30.3 Å². The van der Waals surface area contributed by atoms with Crippen molar-refractivity contribution in [2.75, 3.05) is 0 Å². The standard InChI is InChI=1S/C49H27N5O2S/c1-3-14-28(15-4-1)46-50-41-32-19-8-10-26-38(32)56-44(41)42(51-46)35-23-12-21-33-40-34(22-13-27-39(40)57-45(33)35)48-52-47(29-16-5-2-6-17-29)53-49(54-48)36-24-11-20-31-30-18-7-9-25-37(30)55-43(31)36/h1-27H. The molecule has 57 heavy (non-hydrogen) atoms. The molecule has 0 fully saturated rings. The maximum absolute atomic E-state index is 6.55. The summed E-state index contributed by atoms with van der Waals surface area (Å²) in [6.07, 6.45) is 0. The molecule has 266 valence electrons. The summed E-state index contributed by atoms with van der Waals surface area (Å²) in [6, 6.07) is 55.2.